The van der Waals surface area contributed by atoms with E-state index in [2.05, 4.69) is 62.5 Å². The number of thioether (sulfide) groups is 2. The monoisotopic (exact) mass is 492 g/mol. The summed E-state index contributed by atoms with van der Waals surface area (Å²) < 4.78 is 0. The van der Waals surface area contributed by atoms with E-state index >= 15 is 0 Å². The van der Waals surface area contributed by atoms with Crippen molar-refractivity contribution in [3.8, 4) is 0 Å². The molecule has 0 bridgehead atoms. The Morgan fingerprint density at radius 2 is 0.727 bits per heavy atom. The number of aryl methyl sites for hydroxylation is 1. The fourth-order valence-electron chi connectivity index (χ4n) is 4.44. The molecule has 0 N–H and O–H groups in total. The summed E-state index contributed by atoms with van der Waals surface area (Å²) >= 11 is 4.14. The summed E-state index contributed by atoms with van der Waals surface area (Å²) in [6.07, 6.45) is 28.5. The summed E-state index contributed by atoms with van der Waals surface area (Å²) in [5.74, 6) is 2.56. The minimum atomic E-state index is 1.28. The highest BCUT2D eigenvalue weighted by Crippen LogP contribution is 2.28. The zero-order chi connectivity index (χ0) is 23.8. The van der Waals surface area contributed by atoms with Gasteiger partial charge in [0.15, 0.2) is 0 Å². The molecule has 0 heterocycles. The van der Waals surface area contributed by atoms with E-state index in [1.54, 1.807) is 0 Å². The van der Waals surface area contributed by atoms with Gasteiger partial charge in [0.1, 0.15) is 0 Å². The SMILES string of the molecule is CCCCCCCCCCCCSc1cc(C)cc(SCCCCCCCCCCCC)c1. The molecule has 0 saturated carbocycles. The molecule has 0 unspecified atom stereocenters. The average molecular weight is 493 g/mol. The predicted molar refractivity (Wildman–Crippen MR) is 156 cm³/mol. The highest BCUT2D eigenvalue weighted by molar-refractivity contribution is 8.00. The largest absolute Gasteiger partial charge is 0.126 e. The van der Waals surface area contributed by atoms with E-state index in [4.69, 9.17) is 0 Å². The minimum Gasteiger partial charge on any atom is -0.126 e. The van der Waals surface area contributed by atoms with Gasteiger partial charge in [0.05, 0.1) is 0 Å². The van der Waals surface area contributed by atoms with Gasteiger partial charge < -0.3 is 0 Å². The zero-order valence-corrected chi connectivity index (χ0v) is 24.2. The molecule has 1 rings (SSSR count). The van der Waals surface area contributed by atoms with Gasteiger partial charge in [-0.2, -0.15) is 0 Å². The first kappa shape index (κ1) is 31.0. The quantitative estimate of drug-likeness (QED) is 0.104. The third kappa shape index (κ3) is 19.9. The maximum absolute atomic E-state index is 2.44. The molecular weight excluding hydrogens is 436 g/mol. The van der Waals surface area contributed by atoms with Gasteiger partial charge in [0, 0.05) is 9.79 Å². The zero-order valence-electron chi connectivity index (χ0n) is 22.6. The van der Waals surface area contributed by atoms with Crippen molar-refractivity contribution in [3.05, 3.63) is 23.8 Å². The first-order valence-corrected chi connectivity index (χ1v) is 16.6. The molecule has 2 heteroatoms. The number of unbranched alkanes of at least 4 members (excludes halogenated alkanes) is 18. The van der Waals surface area contributed by atoms with Crippen molar-refractivity contribution in [2.45, 2.75) is 159 Å². The highest BCUT2D eigenvalue weighted by Gasteiger charge is 2.02. The molecule has 0 saturated heterocycles. The first-order chi connectivity index (χ1) is 16.3. The van der Waals surface area contributed by atoms with Crippen LogP contribution in [0.1, 0.15) is 148 Å². The van der Waals surface area contributed by atoms with Crippen molar-refractivity contribution in [3.63, 3.8) is 0 Å². The Labute approximate surface area is 217 Å². The number of hydrogen-bond donors (Lipinski definition) is 0. The van der Waals surface area contributed by atoms with Crippen LogP contribution in [0.3, 0.4) is 0 Å². The lowest BCUT2D eigenvalue weighted by molar-refractivity contribution is 0.563. The first-order valence-electron chi connectivity index (χ1n) is 14.6. The molecule has 0 atom stereocenters. The Hall–Kier alpha value is -0.0800. The van der Waals surface area contributed by atoms with Crippen LogP contribution in [0.15, 0.2) is 28.0 Å². The van der Waals surface area contributed by atoms with E-state index in [-0.39, 0.29) is 0 Å². The van der Waals surface area contributed by atoms with Crippen LogP contribution in [0.25, 0.3) is 0 Å². The summed E-state index contributed by atoms with van der Waals surface area (Å²) in [5, 5.41) is 0. The van der Waals surface area contributed by atoms with Gasteiger partial charge in [-0.1, -0.05) is 129 Å². The van der Waals surface area contributed by atoms with E-state index in [0.29, 0.717) is 0 Å². The second-order valence-electron chi connectivity index (χ2n) is 10.0. The molecule has 0 aliphatic carbocycles. The molecule has 0 fully saturated rings. The van der Waals surface area contributed by atoms with Crippen molar-refractivity contribution in [2.75, 3.05) is 11.5 Å². The van der Waals surface area contributed by atoms with Crippen LogP contribution >= 0.6 is 23.5 Å². The summed E-state index contributed by atoms with van der Waals surface area (Å²) in [6.45, 7) is 6.86. The lowest BCUT2D eigenvalue weighted by Crippen LogP contribution is -1.87. The number of hydrogen-bond acceptors (Lipinski definition) is 2. The summed E-state index contributed by atoms with van der Waals surface area (Å²) in [6, 6.07) is 7.20. The normalized spacial score (nSPS) is 11.4. The van der Waals surface area contributed by atoms with Crippen molar-refractivity contribution in [1.29, 1.82) is 0 Å². The van der Waals surface area contributed by atoms with Crippen molar-refractivity contribution in [1.82, 2.24) is 0 Å². The Morgan fingerprint density at radius 1 is 0.424 bits per heavy atom. The second-order valence-corrected chi connectivity index (χ2v) is 12.4. The van der Waals surface area contributed by atoms with Crippen molar-refractivity contribution < 1.29 is 0 Å². The summed E-state index contributed by atoms with van der Waals surface area (Å²) in [4.78, 5) is 2.97. The molecule has 0 spiro atoms. The minimum absolute atomic E-state index is 1.28. The van der Waals surface area contributed by atoms with E-state index < -0.39 is 0 Å². The van der Waals surface area contributed by atoms with Gasteiger partial charge in [-0.25, -0.2) is 0 Å². The van der Waals surface area contributed by atoms with Crippen molar-refractivity contribution >= 4 is 23.5 Å². The van der Waals surface area contributed by atoms with E-state index in [1.165, 1.54) is 155 Å². The molecule has 0 amide bonds. The third-order valence-corrected chi connectivity index (χ3v) is 8.68. The molecule has 0 aliphatic rings. The second kappa shape index (κ2) is 23.7. The number of rotatable bonds is 24. The molecule has 192 valence electrons. The third-order valence-electron chi connectivity index (χ3n) is 6.56. The smallest absolute Gasteiger partial charge is 0.00857 e. The lowest BCUT2D eigenvalue weighted by Gasteiger charge is -2.08. The topological polar surface area (TPSA) is 0 Å². The van der Waals surface area contributed by atoms with Crippen LogP contribution in [0, 0.1) is 6.92 Å². The van der Waals surface area contributed by atoms with Crippen LogP contribution in [-0.4, -0.2) is 11.5 Å². The Balaban J connectivity index is 2.02. The fourth-order valence-corrected chi connectivity index (χ4v) is 6.64. The van der Waals surface area contributed by atoms with Gasteiger partial charge in [-0.3, -0.25) is 0 Å². The van der Waals surface area contributed by atoms with E-state index in [1.807, 2.05) is 0 Å². The van der Waals surface area contributed by atoms with Gasteiger partial charge in [0.25, 0.3) is 0 Å². The Kier molecular flexibility index (Phi) is 22.2. The van der Waals surface area contributed by atoms with Crippen LogP contribution in [0.4, 0.5) is 0 Å². The Morgan fingerprint density at radius 3 is 1.06 bits per heavy atom. The lowest BCUT2D eigenvalue weighted by atomic mass is 10.1. The molecule has 1 aromatic rings. The standard InChI is InChI=1S/C31H56S2/c1-4-6-8-10-12-14-16-18-20-22-24-32-30-26-29(3)27-31(28-30)33-25-23-21-19-17-15-13-11-9-7-5-2/h26-28H,4-25H2,1-3H3. The maximum atomic E-state index is 2.44. The fraction of sp³-hybridized carbons (Fsp3) is 0.806. The molecule has 0 aromatic heterocycles. The molecule has 0 nitrogen and oxygen atoms in total. The van der Waals surface area contributed by atoms with Crippen LogP contribution in [-0.2, 0) is 0 Å². The number of benzene rings is 1. The molecule has 33 heavy (non-hydrogen) atoms. The van der Waals surface area contributed by atoms with Gasteiger partial charge in [-0.05, 0) is 55.0 Å². The van der Waals surface area contributed by atoms with Gasteiger partial charge in [0.2, 0.25) is 0 Å². The van der Waals surface area contributed by atoms with Crippen LogP contribution in [0.2, 0.25) is 0 Å². The summed E-state index contributed by atoms with van der Waals surface area (Å²) in [7, 11) is 0. The van der Waals surface area contributed by atoms with E-state index in [0.717, 1.165) is 0 Å². The van der Waals surface area contributed by atoms with Crippen LogP contribution in [0.5, 0.6) is 0 Å². The van der Waals surface area contributed by atoms with Gasteiger partial charge in [-0.15, -0.1) is 23.5 Å². The van der Waals surface area contributed by atoms with Gasteiger partial charge >= 0.3 is 0 Å². The molecular formula is C31H56S2. The maximum Gasteiger partial charge on any atom is 0.00857 e. The summed E-state index contributed by atoms with van der Waals surface area (Å²) in [5.41, 5.74) is 1.42. The molecule has 0 aliphatic heterocycles. The average Bonchev–Trinajstić information content (AvgIpc) is 2.80. The van der Waals surface area contributed by atoms with Crippen LogP contribution < -0.4 is 0 Å². The highest BCUT2D eigenvalue weighted by atomic mass is 32.2. The van der Waals surface area contributed by atoms with E-state index in [9.17, 15) is 0 Å². The molecule has 1 aromatic carbocycles. The van der Waals surface area contributed by atoms with Crippen molar-refractivity contribution in [2.24, 2.45) is 0 Å². The molecule has 0 radical (unpaired) electrons. The Bertz CT molecular complexity index is 495. The predicted octanol–water partition coefficient (Wildman–Crippen LogP) is 12.0.